The van der Waals surface area contributed by atoms with Gasteiger partial charge in [-0.15, -0.1) is 0 Å². The molecule has 0 heterocycles. The van der Waals surface area contributed by atoms with Crippen LogP contribution < -0.4 is 0 Å². The first kappa shape index (κ1) is 23.0. The third-order valence-corrected chi connectivity index (χ3v) is 26.1. The summed E-state index contributed by atoms with van der Waals surface area (Å²) in [6.07, 6.45) is 23.1. The van der Waals surface area contributed by atoms with Crippen molar-refractivity contribution in [2.75, 3.05) is 0 Å². The topological polar surface area (TPSA) is 0 Å². The van der Waals surface area contributed by atoms with E-state index in [1.54, 1.807) is 11.1 Å². The van der Waals surface area contributed by atoms with Crippen LogP contribution in [0.4, 0.5) is 0 Å². The number of hydrogen-bond acceptors (Lipinski definition) is 0. The van der Waals surface area contributed by atoms with Gasteiger partial charge < -0.3 is 0 Å². The van der Waals surface area contributed by atoms with Crippen molar-refractivity contribution in [2.45, 2.75) is 89.6 Å². The molecule has 0 saturated carbocycles. The van der Waals surface area contributed by atoms with E-state index in [1.165, 1.54) is 38.5 Å². The molecule has 0 saturated heterocycles. The fourth-order valence-electron chi connectivity index (χ4n) is 3.99. The molecule has 0 N–H and O–H groups in total. The van der Waals surface area contributed by atoms with Crippen LogP contribution in [0.1, 0.15) is 52.4 Å². The summed E-state index contributed by atoms with van der Waals surface area (Å²) in [4.78, 5) is 0. The molecule has 136 valence electrons. The van der Waals surface area contributed by atoms with Gasteiger partial charge in [-0.2, -0.15) is 0 Å². The van der Waals surface area contributed by atoms with Gasteiger partial charge in [0.05, 0.1) is 15.2 Å². The predicted molar refractivity (Wildman–Crippen MR) is 123 cm³/mol. The second kappa shape index (κ2) is 9.79. The molecule has 2 rings (SSSR count). The van der Waals surface area contributed by atoms with Crippen molar-refractivity contribution >= 4 is 34.0 Å². The van der Waals surface area contributed by atoms with Gasteiger partial charge in [-0.1, -0.05) is 100 Å². The third-order valence-electron chi connectivity index (χ3n) is 6.79. The molecule has 2 unspecified atom stereocenters. The Morgan fingerprint density at radius 1 is 0.720 bits per heavy atom. The first-order valence-corrected chi connectivity index (χ1v) is 17.3. The van der Waals surface area contributed by atoms with Crippen molar-refractivity contribution in [1.29, 1.82) is 0 Å². The average Bonchev–Trinajstić information content (AvgIpc) is 3.20. The van der Waals surface area contributed by atoms with Crippen LogP contribution in [0.15, 0.2) is 47.6 Å². The third kappa shape index (κ3) is 5.25. The van der Waals surface area contributed by atoms with Crippen LogP contribution in [0, 0.1) is 0 Å². The molecule has 0 aromatic rings. The van der Waals surface area contributed by atoms with Crippen LogP contribution in [0.25, 0.3) is 0 Å². The summed E-state index contributed by atoms with van der Waals surface area (Å²) in [6, 6.07) is 0. The average molecular weight is 367 g/mol. The Kier molecular flexibility index (Phi) is 9.02. The molecule has 0 spiro atoms. The van der Waals surface area contributed by atoms with E-state index in [0.29, 0.717) is 0 Å². The van der Waals surface area contributed by atoms with Crippen molar-refractivity contribution in [3.05, 3.63) is 47.6 Å². The number of hydrogen-bond donors (Lipinski definition) is 0. The molecule has 2 aliphatic rings. The van der Waals surface area contributed by atoms with Gasteiger partial charge >= 0.3 is 18.9 Å². The Morgan fingerprint density at radius 2 is 1.08 bits per heavy atom. The monoisotopic (exact) mass is 366 g/mol. The maximum atomic E-state index is 2.67. The van der Waals surface area contributed by atoms with Crippen LogP contribution in [-0.2, 0) is 0 Å². The Labute approximate surface area is 170 Å². The van der Waals surface area contributed by atoms with Gasteiger partial charge in [-0.25, -0.2) is 0 Å². The quantitative estimate of drug-likeness (QED) is 0.387. The number of unbranched alkanes of at least 4 members (excludes halogenated alkanes) is 2. The van der Waals surface area contributed by atoms with E-state index in [4.69, 9.17) is 0 Å². The molecule has 0 amide bonds. The molecule has 0 fully saturated rings. The molecule has 3 heteroatoms. The first-order chi connectivity index (χ1) is 11.3. The van der Waals surface area contributed by atoms with Crippen LogP contribution in [0.3, 0.4) is 0 Å². The molecule has 0 aliphatic heterocycles. The predicted octanol–water partition coefficient (Wildman–Crippen LogP) is 6.95. The summed E-state index contributed by atoms with van der Waals surface area (Å²) in [5.74, 6) is 0. The number of rotatable bonds is 9. The second-order valence-electron chi connectivity index (χ2n) is 8.90. The standard InChI is InChI=1S/C22H38Si2.Li.H/c1-7-9-11-19-13-15-21(17-19)23(3,4)24(5,6)22-16-14-20(18-22)12-10-8-2;;/h13-18,21-22H,7-12H2,1-6H3;;. The minimum absolute atomic E-state index is 0. The fourth-order valence-corrected chi connectivity index (χ4v) is 14.4. The Bertz CT molecular complexity index is 502. The summed E-state index contributed by atoms with van der Waals surface area (Å²) in [5.41, 5.74) is 4.72. The fraction of sp³-hybridized carbons (Fsp3) is 0.636. The Balaban J connectivity index is 0.00000312. The van der Waals surface area contributed by atoms with Crippen LogP contribution in [-0.4, -0.2) is 34.0 Å². The van der Waals surface area contributed by atoms with E-state index < -0.39 is 15.2 Å². The van der Waals surface area contributed by atoms with Crippen LogP contribution in [0.5, 0.6) is 0 Å². The maximum absolute atomic E-state index is 2.67. The summed E-state index contributed by atoms with van der Waals surface area (Å²) in [5, 5.41) is 0. The molecule has 2 aliphatic carbocycles. The molecule has 0 aromatic heterocycles. The van der Waals surface area contributed by atoms with Gasteiger partial charge in [-0.05, 0) is 36.8 Å². The van der Waals surface area contributed by atoms with Crippen molar-refractivity contribution in [1.82, 2.24) is 0 Å². The molecule has 0 aromatic carbocycles. The van der Waals surface area contributed by atoms with E-state index in [2.05, 4.69) is 76.5 Å². The second-order valence-corrected chi connectivity index (χ2v) is 24.9. The first-order valence-electron chi connectivity index (χ1n) is 10.1. The summed E-state index contributed by atoms with van der Waals surface area (Å²) < 4.78 is 0. The molecule has 2 atom stereocenters. The Morgan fingerprint density at radius 3 is 1.40 bits per heavy atom. The van der Waals surface area contributed by atoms with Gasteiger partial charge in [-0.3, -0.25) is 0 Å². The summed E-state index contributed by atoms with van der Waals surface area (Å²) in [6.45, 7) is 15.2. The molecule has 25 heavy (non-hydrogen) atoms. The van der Waals surface area contributed by atoms with Crippen molar-refractivity contribution < 1.29 is 0 Å². The van der Waals surface area contributed by atoms with E-state index in [-0.39, 0.29) is 18.9 Å². The zero-order valence-electron chi connectivity index (χ0n) is 16.9. The van der Waals surface area contributed by atoms with Crippen LogP contribution in [0.2, 0.25) is 37.3 Å². The normalized spacial score (nSPS) is 22.8. The number of allylic oxidation sites excluding steroid dienone is 8. The van der Waals surface area contributed by atoms with Gasteiger partial charge in [0.2, 0.25) is 0 Å². The van der Waals surface area contributed by atoms with E-state index in [9.17, 15) is 0 Å². The van der Waals surface area contributed by atoms with Gasteiger partial charge in [0.1, 0.15) is 0 Å². The molecule has 0 bridgehead atoms. The van der Waals surface area contributed by atoms with Gasteiger partial charge in [0, 0.05) is 0 Å². The van der Waals surface area contributed by atoms with Crippen molar-refractivity contribution in [3.8, 4) is 0 Å². The summed E-state index contributed by atoms with van der Waals surface area (Å²) in [7, 11) is -2.65. The molecule has 0 nitrogen and oxygen atoms in total. The zero-order valence-corrected chi connectivity index (χ0v) is 18.9. The minimum atomic E-state index is -1.32. The van der Waals surface area contributed by atoms with E-state index in [0.717, 1.165) is 11.1 Å². The summed E-state index contributed by atoms with van der Waals surface area (Å²) >= 11 is 0. The van der Waals surface area contributed by atoms with Gasteiger partial charge in [0.25, 0.3) is 0 Å². The van der Waals surface area contributed by atoms with Crippen molar-refractivity contribution in [2.24, 2.45) is 0 Å². The van der Waals surface area contributed by atoms with Crippen molar-refractivity contribution in [3.63, 3.8) is 0 Å². The zero-order chi connectivity index (χ0) is 17.8. The SMILES string of the molecule is CCCCC1=CC([Si](C)(C)[Si](C)(C)C2C=CC(CCCC)=C2)C=C1.[LiH]. The van der Waals surface area contributed by atoms with Crippen LogP contribution >= 0.6 is 0 Å². The molecular weight excluding hydrogens is 327 g/mol. The Hall–Kier alpha value is -0.00883. The van der Waals surface area contributed by atoms with E-state index >= 15 is 0 Å². The van der Waals surface area contributed by atoms with Gasteiger partial charge in [0.15, 0.2) is 0 Å². The van der Waals surface area contributed by atoms with E-state index in [1.807, 2.05) is 0 Å². The molecular formula is C22H39LiSi2. The molecule has 0 radical (unpaired) electrons.